The molecule has 1 N–H and O–H groups in total. The molecule has 19 heavy (non-hydrogen) atoms. The third kappa shape index (κ3) is 2.54. The lowest BCUT2D eigenvalue weighted by atomic mass is 9.77. The third-order valence-corrected chi connectivity index (χ3v) is 4.67. The number of fused-ring (bicyclic) bond motifs is 2. The van der Waals surface area contributed by atoms with Crippen molar-refractivity contribution in [2.24, 2.45) is 11.8 Å². The van der Waals surface area contributed by atoms with Crippen LogP contribution in [0.15, 0.2) is 16.5 Å². The van der Waals surface area contributed by atoms with Crippen LogP contribution in [0.3, 0.4) is 0 Å². The lowest BCUT2D eigenvalue weighted by molar-refractivity contribution is 0.0493. The van der Waals surface area contributed by atoms with Crippen molar-refractivity contribution >= 4 is 5.97 Å². The molecule has 2 bridgehead atoms. The van der Waals surface area contributed by atoms with E-state index in [0.29, 0.717) is 0 Å². The van der Waals surface area contributed by atoms with Gasteiger partial charge in [-0.15, -0.1) is 0 Å². The Balaban J connectivity index is 1.72. The largest absolute Gasteiger partial charge is 0.475 e. The average Bonchev–Trinajstić information content (AvgIpc) is 2.87. The highest BCUT2D eigenvalue weighted by Gasteiger charge is 2.33. The number of rotatable bonds is 3. The number of furan rings is 1. The lowest BCUT2D eigenvalue weighted by Gasteiger charge is -2.43. The van der Waals surface area contributed by atoms with E-state index in [1.54, 1.807) is 12.1 Å². The van der Waals surface area contributed by atoms with Crippen LogP contribution >= 0.6 is 0 Å². The second-order valence-electron chi connectivity index (χ2n) is 6.04. The maximum atomic E-state index is 10.9. The summed E-state index contributed by atoms with van der Waals surface area (Å²) in [6.07, 6.45) is 5.44. The van der Waals surface area contributed by atoms with E-state index in [2.05, 4.69) is 11.8 Å². The fraction of sp³-hybridized carbons (Fsp3) is 0.667. The Bertz CT molecular complexity index is 456. The van der Waals surface area contributed by atoms with Crippen LogP contribution in [0.5, 0.6) is 0 Å². The summed E-state index contributed by atoms with van der Waals surface area (Å²) in [6, 6.07) is 3.54. The first-order valence-corrected chi connectivity index (χ1v) is 7.20. The Hall–Kier alpha value is -1.29. The topological polar surface area (TPSA) is 53.7 Å². The SMILES string of the molecule is CC(c1ccc(C(=O)O)o1)N1CC2CCCC(C2)C1. The van der Waals surface area contributed by atoms with E-state index in [0.717, 1.165) is 30.7 Å². The quantitative estimate of drug-likeness (QED) is 0.910. The van der Waals surface area contributed by atoms with Gasteiger partial charge in [0.2, 0.25) is 5.76 Å². The van der Waals surface area contributed by atoms with Gasteiger partial charge in [-0.3, -0.25) is 4.90 Å². The number of aromatic carboxylic acids is 1. The van der Waals surface area contributed by atoms with E-state index in [4.69, 9.17) is 9.52 Å². The predicted octanol–water partition coefficient (Wildman–Crippen LogP) is 3.16. The molecule has 104 valence electrons. The van der Waals surface area contributed by atoms with Gasteiger partial charge in [-0.1, -0.05) is 6.42 Å². The lowest BCUT2D eigenvalue weighted by Crippen LogP contribution is -2.43. The highest BCUT2D eigenvalue weighted by Crippen LogP contribution is 2.37. The summed E-state index contributed by atoms with van der Waals surface area (Å²) in [4.78, 5) is 13.3. The smallest absolute Gasteiger partial charge is 0.371 e. The molecule has 4 nitrogen and oxygen atoms in total. The first-order valence-electron chi connectivity index (χ1n) is 7.20. The summed E-state index contributed by atoms with van der Waals surface area (Å²) >= 11 is 0. The van der Waals surface area contributed by atoms with Gasteiger partial charge in [0.05, 0.1) is 6.04 Å². The summed E-state index contributed by atoms with van der Waals surface area (Å²) in [6.45, 7) is 4.37. The molecule has 1 saturated carbocycles. The van der Waals surface area contributed by atoms with Crippen LogP contribution in [0.1, 0.15) is 55.0 Å². The Labute approximate surface area is 113 Å². The number of carbonyl (C=O) groups is 1. The molecule has 3 atom stereocenters. The zero-order valence-corrected chi connectivity index (χ0v) is 11.3. The van der Waals surface area contributed by atoms with Crippen LogP contribution in [0.2, 0.25) is 0 Å². The van der Waals surface area contributed by atoms with Gasteiger partial charge in [0.1, 0.15) is 5.76 Å². The number of hydrogen-bond donors (Lipinski definition) is 1. The maximum Gasteiger partial charge on any atom is 0.371 e. The highest BCUT2D eigenvalue weighted by atomic mass is 16.4. The number of piperidine rings is 1. The minimum absolute atomic E-state index is 0.0408. The highest BCUT2D eigenvalue weighted by molar-refractivity contribution is 5.84. The molecule has 0 radical (unpaired) electrons. The molecule has 3 unspecified atom stereocenters. The van der Waals surface area contributed by atoms with Crippen molar-refractivity contribution < 1.29 is 14.3 Å². The van der Waals surface area contributed by atoms with Crippen molar-refractivity contribution in [1.82, 2.24) is 4.90 Å². The first-order chi connectivity index (χ1) is 9.13. The van der Waals surface area contributed by atoms with E-state index in [1.165, 1.54) is 25.7 Å². The van der Waals surface area contributed by atoms with Crippen LogP contribution in [0.25, 0.3) is 0 Å². The number of carboxylic acid groups (broad SMARTS) is 1. The molecule has 1 aliphatic carbocycles. The second kappa shape index (κ2) is 5.00. The van der Waals surface area contributed by atoms with E-state index < -0.39 is 5.97 Å². The summed E-state index contributed by atoms with van der Waals surface area (Å²) in [5.74, 6) is 1.47. The van der Waals surface area contributed by atoms with E-state index >= 15 is 0 Å². The van der Waals surface area contributed by atoms with Gasteiger partial charge in [0.25, 0.3) is 0 Å². The molecule has 4 heteroatoms. The molecule has 1 aliphatic heterocycles. The van der Waals surface area contributed by atoms with Crippen molar-refractivity contribution in [2.75, 3.05) is 13.1 Å². The fourth-order valence-corrected chi connectivity index (χ4v) is 3.66. The van der Waals surface area contributed by atoms with Gasteiger partial charge >= 0.3 is 5.97 Å². The third-order valence-electron chi connectivity index (χ3n) is 4.67. The van der Waals surface area contributed by atoms with E-state index in [9.17, 15) is 4.79 Å². The van der Waals surface area contributed by atoms with Crippen LogP contribution in [0.4, 0.5) is 0 Å². The second-order valence-corrected chi connectivity index (χ2v) is 6.04. The minimum Gasteiger partial charge on any atom is -0.475 e. The number of likely N-dealkylation sites (tertiary alicyclic amines) is 1. The molecule has 2 heterocycles. The number of carboxylic acids is 1. The zero-order chi connectivity index (χ0) is 13.4. The molecule has 0 spiro atoms. The van der Waals surface area contributed by atoms with E-state index in [1.807, 2.05) is 0 Å². The first kappa shape index (κ1) is 12.7. The van der Waals surface area contributed by atoms with E-state index in [-0.39, 0.29) is 11.8 Å². The van der Waals surface area contributed by atoms with Gasteiger partial charge in [-0.25, -0.2) is 4.79 Å². The standard InChI is InChI=1S/C15H21NO3/c1-10(13-5-6-14(19-13)15(17)18)16-8-11-3-2-4-12(7-11)9-16/h5-6,10-12H,2-4,7-9H2,1H3,(H,17,18). The van der Waals surface area contributed by atoms with Crippen LogP contribution in [-0.2, 0) is 0 Å². The predicted molar refractivity (Wildman–Crippen MR) is 71.1 cm³/mol. The molecule has 3 rings (SSSR count). The monoisotopic (exact) mass is 263 g/mol. The van der Waals surface area contributed by atoms with Crippen molar-refractivity contribution in [3.63, 3.8) is 0 Å². The van der Waals surface area contributed by atoms with Gasteiger partial charge in [-0.05, 0) is 50.2 Å². The van der Waals surface area contributed by atoms with Gasteiger partial charge in [0.15, 0.2) is 0 Å². The van der Waals surface area contributed by atoms with Crippen LogP contribution < -0.4 is 0 Å². The summed E-state index contributed by atoms with van der Waals surface area (Å²) < 4.78 is 5.44. The van der Waals surface area contributed by atoms with Crippen LogP contribution in [-0.4, -0.2) is 29.1 Å². The summed E-state index contributed by atoms with van der Waals surface area (Å²) in [5.41, 5.74) is 0. The molecule has 2 aliphatic rings. The Morgan fingerprint density at radius 2 is 2.05 bits per heavy atom. The Morgan fingerprint density at radius 3 is 2.63 bits per heavy atom. The number of nitrogens with zero attached hydrogens (tertiary/aromatic N) is 1. The van der Waals surface area contributed by atoms with Crippen molar-refractivity contribution in [1.29, 1.82) is 0 Å². The molecule has 1 aromatic heterocycles. The Morgan fingerprint density at radius 1 is 1.37 bits per heavy atom. The average molecular weight is 263 g/mol. The molecule has 1 aromatic rings. The molecule has 0 amide bonds. The van der Waals surface area contributed by atoms with Crippen molar-refractivity contribution in [3.05, 3.63) is 23.7 Å². The van der Waals surface area contributed by atoms with Crippen molar-refractivity contribution in [3.8, 4) is 0 Å². The van der Waals surface area contributed by atoms with Gasteiger partial charge in [-0.2, -0.15) is 0 Å². The molecule has 1 saturated heterocycles. The summed E-state index contributed by atoms with van der Waals surface area (Å²) in [5, 5.41) is 8.91. The zero-order valence-electron chi connectivity index (χ0n) is 11.3. The van der Waals surface area contributed by atoms with Crippen molar-refractivity contribution in [2.45, 2.75) is 38.6 Å². The molecular formula is C15H21NO3. The number of hydrogen-bond acceptors (Lipinski definition) is 3. The Kier molecular flexibility index (Phi) is 3.35. The maximum absolute atomic E-state index is 10.9. The minimum atomic E-state index is -0.992. The normalized spacial score (nSPS) is 29.1. The van der Waals surface area contributed by atoms with Gasteiger partial charge in [0, 0.05) is 13.1 Å². The molecular weight excluding hydrogens is 242 g/mol. The van der Waals surface area contributed by atoms with Crippen LogP contribution in [0, 0.1) is 11.8 Å². The summed E-state index contributed by atoms with van der Waals surface area (Å²) in [7, 11) is 0. The van der Waals surface area contributed by atoms with Gasteiger partial charge < -0.3 is 9.52 Å². The molecule has 2 fully saturated rings. The fourth-order valence-electron chi connectivity index (χ4n) is 3.66. The molecule has 0 aromatic carbocycles.